The molecule has 0 radical (unpaired) electrons. The number of hydrogen-bond donors (Lipinski definition) is 1. The molecule has 0 unspecified atom stereocenters. The number of aryl methyl sites for hydroxylation is 2. The molecule has 8 heteroatoms. The largest absolute Gasteiger partial charge is 0.466 e. The van der Waals surface area contributed by atoms with Crippen LogP contribution in [0, 0.1) is 13.8 Å². The van der Waals surface area contributed by atoms with Crippen LogP contribution in [0.15, 0.2) is 15.0 Å². The van der Waals surface area contributed by atoms with Crippen LogP contribution in [-0.4, -0.2) is 27.0 Å². The fourth-order valence-electron chi connectivity index (χ4n) is 2.86. The van der Waals surface area contributed by atoms with Crippen LogP contribution in [0.2, 0.25) is 0 Å². The quantitative estimate of drug-likeness (QED) is 0.863. The van der Waals surface area contributed by atoms with Crippen molar-refractivity contribution < 1.29 is 18.5 Å². The molecular formula is C16H20N4O4. The first-order valence-electron chi connectivity index (χ1n) is 7.76. The first kappa shape index (κ1) is 16.2. The third-order valence-electron chi connectivity index (χ3n) is 4.13. The summed E-state index contributed by atoms with van der Waals surface area (Å²) in [5, 5.41) is 6.58. The van der Waals surface area contributed by atoms with Crippen LogP contribution in [0.5, 0.6) is 0 Å². The lowest BCUT2D eigenvalue weighted by Gasteiger charge is -2.20. The van der Waals surface area contributed by atoms with Gasteiger partial charge in [0.2, 0.25) is 5.89 Å². The molecule has 1 N–H and O–H groups in total. The van der Waals surface area contributed by atoms with Gasteiger partial charge in [0.25, 0.3) is 5.91 Å². The highest BCUT2D eigenvalue weighted by atomic mass is 16.5. The minimum atomic E-state index is -1.16. The Hall–Kier alpha value is -2.64. The van der Waals surface area contributed by atoms with E-state index in [1.54, 1.807) is 26.8 Å². The highest BCUT2D eigenvalue weighted by molar-refractivity contribution is 6.07. The molecule has 24 heavy (non-hydrogen) atoms. The number of nitrogens with zero attached hydrogens (tertiary/aromatic N) is 3. The summed E-state index contributed by atoms with van der Waals surface area (Å²) in [6.45, 7) is 9.04. The monoisotopic (exact) mass is 332 g/mol. The molecule has 0 aromatic carbocycles. The van der Waals surface area contributed by atoms with Crippen molar-refractivity contribution in [2.24, 2.45) is 0 Å². The minimum absolute atomic E-state index is 0.0354. The number of amides is 3. The molecule has 0 saturated carbocycles. The summed E-state index contributed by atoms with van der Waals surface area (Å²) in [7, 11) is 0. The number of furan rings is 1. The van der Waals surface area contributed by atoms with Crippen LogP contribution in [0.1, 0.15) is 55.5 Å². The van der Waals surface area contributed by atoms with Crippen molar-refractivity contribution in [3.8, 4) is 0 Å². The summed E-state index contributed by atoms with van der Waals surface area (Å²) in [6.07, 6.45) is 0. The number of nitrogens with one attached hydrogen (secondary N) is 1. The van der Waals surface area contributed by atoms with Gasteiger partial charge in [-0.1, -0.05) is 19.0 Å². The molecule has 3 rings (SSSR count). The molecule has 0 aliphatic carbocycles. The first-order chi connectivity index (χ1) is 11.2. The van der Waals surface area contributed by atoms with Crippen molar-refractivity contribution in [3.63, 3.8) is 0 Å². The molecule has 2 aromatic heterocycles. The highest BCUT2D eigenvalue weighted by Gasteiger charge is 2.50. The number of aromatic nitrogens is 2. The Balaban J connectivity index is 1.87. The van der Waals surface area contributed by atoms with Gasteiger partial charge in [-0.3, -0.25) is 9.69 Å². The predicted molar refractivity (Wildman–Crippen MR) is 83.0 cm³/mol. The van der Waals surface area contributed by atoms with Crippen molar-refractivity contribution in [3.05, 3.63) is 34.9 Å². The maximum Gasteiger partial charge on any atom is 0.325 e. The van der Waals surface area contributed by atoms with Gasteiger partial charge >= 0.3 is 6.03 Å². The maximum atomic E-state index is 12.9. The molecule has 0 spiro atoms. The first-order valence-corrected chi connectivity index (χ1v) is 7.76. The van der Waals surface area contributed by atoms with E-state index in [1.165, 1.54) is 0 Å². The molecule has 2 aromatic rings. The number of hydrogen-bond acceptors (Lipinski definition) is 6. The van der Waals surface area contributed by atoms with E-state index in [1.807, 2.05) is 13.8 Å². The van der Waals surface area contributed by atoms with Gasteiger partial charge in [-0.25, -0.2) is 4.79 Å². The van der Waals surface area contributed by atoms with E-state index in [0.717, 1.165) is 4.90 Å². The SMILES string of the molecule is Cc1cc([C@]2(C)NC(=O)N(Cc3noc(C(C)C)n3)C2=O)c(C)o1. The predicted octanol–water partition coefficient (Wildman–Crippen LogP) is 2.37. The zero-order valence-electron chi connectivity index (χ0n) is 14.3. The number of urea groups is 1. The molecule has 3 heterocycles. The van der Waals surface area contributed by atoms with Crippen LogP contribution >= 0.6 is 0 Å². The summed E-state index contributed by atoms with van der Waals surface area (Å²) >= 11 is 0. The number of rotatable bonds is 4. The Bertz CT molecular complexity index is 807. The summed E-state index contributed by atoms with van der Waals surface area (Å²) in [4.78, 5) is 30.5. The zero-order valence-corrected chi connectivity index (χ0v) is 14.3. The lowest BCUT2D eigenvalue weighted by atomic mass is 9.92. The topological polar surface area (TPSA) is 101 Å². The van der Waals surface area contributed by atoms with Crippen LogP contribution in [0.4, 0.5) is 4.79 Å². The van der Waals surface area contributed by atoms with Gasteiger partial charge in [-0.2, -0.15) is 4.98 Å². The van der Waals surface area contributed by atoms with Crippen molar-refractivity contribution in [2.75, 3.05) is 0 Å². The van der Waals surface area contributed by atoms with Gasteiger partial charge in [-0.15, -0.1) is 0 Å². The van der Waals surface area contributed by atoms with Gasteiger partial charge < -0.3 is 14.3 Å². The Labute approximate surface area is 139 Å². The minimum Gasteiger partial charge on any atom is -0.466 e. The molecule has 128 valence electrons. The van der Waals surface area contributed by atoms with Gasteiger partial charge in [0.15, 0.2) is 5.82 Å². The fourth-order valence-corrected chi connectivity index (χ4v) is 2.86. The normalized spacial score (nSPS) is 21.0. The maximum absolute atomic E-state index is 12.9. The van der Waals surface area contributed by atoms with E-state index in [9.17, 15) is 9.59 Å². The van der Waals surface area contributed by atoms with Crippen LogP contribution < -0.4 is 5.32 Å². The van der Waals surface area contributed by atoms with Crippen molar-refractivity contribution in [1.82, 2.24) is 20.4 Å². The number of carbonyl (C=O) groups excluding carboxylic acids is 2. The molecule has 1 saturated heterocycles. The third-order valence-corrected chi connectivity index (χ3v) is 4.13. The van der Waals surface area contributed by atoms with E-state index >= 15 is 0 Å². The number of imide groups is 1. The molecule has 1 aliphatic heterocycles. The summed E-state index contributed by atoms with van der Waals surface area (Å²) in [5.74, 6) is 1.77. The molecule has 3 amide bonds. The van der Waals surface area contributed by atoms with Crippen LogP contribution in [0.3, 0.4) is 0 Å². The van der Waals surface area contributed by atoms with E-state index in [2.05, 4.69) is 15.5 Å². The molecule has 8 nitrogen and oxygen atoms in total. The molecule has 1 atom stereocenters. The van der Waals surface area contributed by atoms with E-state index in [4.69, 9.17) is 8.94 Å². The van der Waals surface area contributed by atoms with E-state index in [-0.39, 0.29) is 18.4 Å². The third kappa shape index (κ3) is 2.47. The zero-order chi connectivity index (χ0) is 17.6. The molecule has 1 aliphatic rings. The van der Waals surface area contributed by atoms with E-state index < -0.39 is 11.6 Å². The lowest BCUT2D eigenvalue weighted by Crippen LogP contribution is -2.41. The Kier molecular flexibility index (Phi) is 3.70. The van der Waals surface area contributed by atoms with Gasteiger partial charge in [0.05, 0.1) is 6.54 Å². The van der Waals surface area contributed by atoms with Gasteiger partial charge in [0.1, 0.15) is 17.1 Å². The average Bonchev–Trinajstić information content (AvgIpc) is 3.14. The second kappa shape index (κ2) is 5.47. The second-order valence-electron chi connectivity index (χ2n) is 6.48. The van der Waals surface area contributed by atoms with E-state index in [0.29, 0.717) is 28.8 Å². The van der Waals surface area contributed by atoms with Crippen molar-refractivity contribution in [1.29, 1.82) is 0 Å². The van der Waals surface area contributed by atoms with Gasteiger partial charge in [-0.05, 0) is 26.8 Å². The van der Waals surface area contributed by atoms with Crippen molar-refractivity contribution >= 4 is 11.9 Å². The molecular weight excluding hydrogens is 312 g/mol. The molecule has 1 fully saturated rings. The Morgan fingerprint density at radius 1 is 1.33 bits per heavy atom. The Morgan fingerprint density at radius 2 is 2.04 bits per heavy atom. The van der Waals surface area contributed by atoms with Crippen molar-refractivity contribution in [2.45, 2.75) is 52.6 Å². The standard InChI is InChI=1S/C16H20N4O4/c1-8(2)13-17-12(19-24-13)7-20-14(21)16(5,18-15(20)22)11-6-9(3)23-10(11)4/h6,8H,7H2,1-5H3,(H,18,22)/t16-/m0/s1. The smallest absolute Gasteiger partial charge is 0.325 e. The highest BCUT2D eigenvalue weighted by Crippen LogP contribution is 2.33. The average molecular weight is 332 g/mol. The van der Waals surface area contributed by atoms with Crippen LogP contribution in [0.25, 0.3) is 0 Å². The summed E-state index contributed by atoms with van der Waals surface area (Å²) in [5.41, 5.74) is -0.513. The van der Waals surface area contributed by atoms with Crippen LogP contribution in [-0.2, 0) is 16.9 Å². The second-order valence-corrected chi connectivity index (χ2v) is 6.48. The van der Waals surface area contributed by atoms with Gasteiger partial charge in [0, 0.05) is 11.5 Å². The number of carbonyl (C=O) groups is 2. The Morgan fingerprint density at radius 3 is 2.58 bits per heavy atom. The fraction of sp³-hybridized carbons (Fsp3) is 0.500. The summed E-state index contributed by atoms with van der Waals surface area (Å²) < 4.78 is 10.6. The summed E-state index contributed by atoms with van der Waals surface area (Å²) in [6, 6.07) is 1.28. The lowest BCUT2D eigenvalue weighted by molar-refractivity contribution is -0.131. The molecule has 0 bridgehead atoms.